The molecular weight excluding hydrogens is 252 g/mol. The van der Waals surface area contributed by atoms with Crippen molar-refractivity contribution in [2.75, 3.05) is 13.2 Å². The largest absolute Gasteiger partial charge is 0.377 e. The third kappa shape index (κ3) is 4.62. The molecule has 0 saturated carbocycles. The quantitative estimate of drug-likeness (QED) is 0.835. The summed E-state index contributed by atoms with van der Waals surface area (Å²) in [7, 11) is 0. The second-order valence-electron chi connectivity index (χ2n) is 5.17. The number of rotatable bonds is 6. The number of carbonyl (C=O) groups excluding carboxylic acids is 1. The van der Waals surface area contributed by atoms with Gasteiger partial charge in [-0.25, -0.2) is 0 Å². The van der Waals surface area contributed by atoms with E-state index in [9.17, 15) is 4.79 Å². The van der Waals surface area contributed by atoms with Gasteiger partial charge in [0.2, 0.25) is 5.91 Å². The van der Waals surface area contributed by atoms with Crippen LogP contribution in [0.4, 0.5) is 0 Å². The summed E-state index contributed by atoms with van der Waals surface area (Å²) in [5.41, 5.74) is 2.28. The minimum atomic E-state index is -0.0130. The molecule has 20 heavy (non-hydrogen) atoms. The van der Waals surface area contributed by atoms with Crippen LogP contribution in [0.3, 0.4) is 0 Å². The Bertz CT molecular complexity index is 411. The molecule has 0 aromatic heterocycles. The van der Waals surface area contributed by atoms with Crippen molar-refractivity contribution in [1.82, 2.24) is 10.6 Å². The van der Waals surface area contributed by atoms with E-state index in [1.165, 1.54) is 6.42 Å². The predicted molar refractivity (Wildman–Crippen MR) is 79.3 cm³/mol. The van der Waals surface area contributed by atoms with E-state index in [-0.39, 0.29) is 11.9 Å². The molecule has 1 aromatic carbocycles. The van der Waals surface area contributed by atoms with Crippen molar-refractivity contribution in [3.05, 3.63) is 35.4 Å². The molecule has 4 nitrogen and oxygen atoms in total. The monoisotopic (exact) mass is 276 g/mol. The van der Waals surface area contributed by atoms with E-state index < -0.39 is 0 Å². The molecule has 2 N–H and O–H groups in total. The van der Waals surface area contributed by atoms with Gasteiger partial charge >= 0.3 is 0 Å². The summed E-state index contributed by atoms with van der Waals surface area (Å²) in [5, 5.41) is 6.26. The Kier molecular flexibility index (Phi) is 6.02. The maximum Gasteiger partial charge on any atom is 0.237 e. The van der Waals surface area contributed by atoms with E-state index in [2.05, 4.69) is 22.8 Å². The number of piperidine rings is 1. The lowest BCUT2D eigenvalue weighted by Gasteiger charge is -2.22. The van der Waals surface area contributed by atoms with Gasteiger partial charge in [0.1, 0.15) is 0 Å². The van der Waals surface area contributed by atoms with E-state index >= 15 is 0 Å². The first-order valence-electron chi connectivity index (χ1n) is 7.46. The van der Waals surface area contributed by atoms with E-state index in [1.807, 2.05) is 19.1 Å². The Hall–Kier alpha value is -1.39. The third-order valence-corrected chi connectivity index (χ3v) is 3.59. The second kappa shape index (κ2) is 8.02. The van der Waals surface area contributed by atoms with E-state index in [0.717, 1.165) is 37.1 Å². The zero-order valence-corrected chi connectivity index (χ0v) is 12.2. The van der Waals surface area contributed by atoms with E-state index in [0.29, 0.717) is 13.2 Å². The highest BCUT2D eigenvalue weighted by molar-refractivity contribution is 5.81. The first-order chi connectivity index (χ1) is 9.79. The molecule has 1 saturated heterocycles. The average molecular weight is 276 g/mol. The Morgan fingerprint density at radius 2 is 2.05 bits per heavy atom. The highest BCUT2D eigenvalue weighted by atomic mass is 16.5. The molecule has 1 atom stereocenters. The summed E-state index contributed by atoms with van der Waals surface area (Å²) in [6.45, 7) is 4.90. The van der Waals surface area contributed by atoms with E-state index in [1.54, 1.807) is 0 Å². The smallest absolute Gasteiger partial charge is 0.237 e. The fraction of sp³-hybridized carbons (Fsp3) is 0.562. The molecule has 1 fully saturated rings. The van der Waals surface area contributed by atoms with Crippen molar-refractivity contribution in [2.24, 2.45) is 0 Å². The van der Waals surface area contributed by atoms with E-state index in [4.69, 9.17) is 4.74 Å². The zero-order valence-electron chi connectivity index (χ0n) is 12.2. The minimum absolute atomic E-state index is 0.0130. The lowest BCUT2D eigenvalue weighted by atomic mass is 10.0. The topological polar surface area (TPSA) is 50.4 Å². The lowest BCUT2D eigenvalue weighted by molar-refractivity contribution is -0.123. The van der Waals surface area contributed by atoms with Crippen molar-refractivity contribution >= 4 is 5.91 Å². The molecule has 110 valence electrons. The lowest BCUT2D eigenvalue weighted by Crippen LogP contribution is -2.46. The Morgan fingerprint density at radius 3 is 2.70 bits per heavy atom. The summed E-state index contributed by atoms with van der Waals surface area (Å²) < 4.78 is 5.36. The number of hydrogen-bond donors (Lipinski definition) is 2. The van der Waals surface area contributed by atoms with Gasteiger partial charge < -0.3 is 15.4 Å². The molecular formula is C16H24N2O2. The molecule has 1 aliphatic rings. The van der Waals surface area contributed by atoms with Crippen LogP contribution in [-0.2, 0) is 22.7 Å². The standard InChI is InChI=1S/C16H24N2O2/c1-2-20-12-14-8-6-13(7-9-14)11-18-16(19)15-5-3-4-10-17-15/h6-9,15,17H,2-5,10-12H2,1H3,(H,18,19). The van der Waals surface area contributed by atoms with Crippen molar-refractivity contribution in [2.45, 2.75) is 45.4 Å². The summed E-state index contributed by atoms with van der Waals surface area (Å²) in [4.78, 5) is 12.0. The first-order valence-corrected chi connectivity index (χ1v) is 7.46. The maximum absolute atomic E-state index is 12.0. The molecule has 2 rings (SSSR count). The van der Waals surface area contributed by atoms with Crippen molar-refractivity contribution < 1.29 is 9.53 Å². The van der Waals surface area contributed by atoms with Gasteiger partial charge in [-0.2, -0.15) is 0 Å². The third-order valence-electron chi connectivity index (χ3n) is 3.59. The molecule has 1 aromatic rings. The second-order valence-corrected chi connectivity index (χ2v) is 5.17. The Morgan fingerprint density at radius 1 is 1.30 bits per heavy atom. The van der Waals surface area contributed by atoms with Crippen molar-refractivity contribution in [1.29, 1.82) is 0 Å². The summed E-state index contributed by atoms with van der Waals surface area (Å²) in [5.74, 6) is 0.114. The van der Waals surface area contributed by atoms with Gasteiger partial charge in [-0.3, -0.25) is 4.79 Å². The number of nitrogens with one attached hydrogen (secondary N) is 2. The predicted octanol–water partition coefficient (Wildman–Crippen LogP) is 1.98. The van der Waals surface area contributed by atoms with Gasteiger partial charge in [-0.15, -0.1) is 0 Å². The van der Waals surface area contributed by atoms with Crippen LogP contribution in [0.5, 0.6) is 0 Å². The Labute approximate surface area is 120 Å². The number of carbonyl (C=O) groups is 1. The van der Waals surface area contributed by atoms with Crippen LogP contribution in [0.25, 0.3) is 0 Å². The number of ether oxygens (including phenoxy) is 1. The van der Waals surface area contributed by atoms with Gasteiger partial charge in [0, 0.05) is 13.2 Å². The van der Waals surface area contributed by atoms with Crippen molar-refractivity contribution in [3.8, 4) is 0 Å². The summed E-state index contributed by atoms with van der Waals surface area (Å²) in [6, 6.07) is 8.18. The summed E-state index contributed by atoms with van der Waals surface area (Å²) in [6.07, 6.45) is 3.25. The minimum Gasteiger partial charge on any atom is -0.377 e. The van der Waals surface area contributed by atoms with Gasteiger partial charge in [0.15, 0.2) is 0 Å². The fourth-order valence-corrected chi connectivity index (χ4v) is 2.36. The summed E-state index contributed by atoms with van der Waals surface area (Å²) >= 11 is 0. The molecule has 0 bridgehead atoms. The van der Waals surface area contributed by atoms with Crippen molar-refractivity contribution in [3.63, 3.8) is 0 Å². The maximum atomic E-state index is 12.0. The fourth-order valence-electron chi connectivity index (χ4n) is 2.36. The average Bonchev–Trinajstić information content (AvgIpc) is 2.52. The van der Waals surface area contributed by atoms with Crippen LogP contribution in [0, 0.1) is 0 Å². The molecule has 0 aliphatic carbocycles. The highest BCUT2D eigenvalue weighted by Gasteiger charge is 2.19. The molecule has 1 unspecified atom stereocenters. The zero-order chi connectivity index (χ0) is 14.2. The van der Waals surface area contributed by atoms with Gasteiger partial charge in [-0.05, 0) is 37.4 Å². The molecule has 4 heteroatoms. The molecule has 1 heterocycles. The van der Waals surface area contributed by atoms with Gasteiger partial charge in [0.05, 0.1) is 12.6 Å². The van der Waals surface area contributed by atoms with Crippen LogP contribution in [0.1, 0.15) is 37.3 Å². The SMILES string of the molecule is CCOCc1ccc(CNC(=O)C2CCCCN2)cc1. The van der Waals surface area contributed by atoms with Crippen LogP contribution >= 0.6 is 0 Å². The van der Waals surface area contributed by atoms with Crippen LogP contribution in [0.2, 0.25) is 0 Å². The number of hydrogen-bond acceptors (Lipinski definition) is 3. The normalized spacial score (nSPS) is 18.8. The first kappa shape index (κ1) is 15.0. The van der Waals surface area contributed by atoms with Gasteiger partial charge in [0.25, 0.3) is 0 Å². The van der Waals surface area contributed by atoms with Crippen LogP contribution in [-0.4, -0.2) is 25.1 Å². The number of amides is 1. The molecule has 1 amide bonds. The highest BCUT2D eigenvalue weighted by Crippen LogP contribution is 2.08. The molecule has 0 spiro atoms. The number of benzene rings is 1. The van der Waals surface area contributed by atoms with Gasteiger partial charge in [-0.1, -0.05) is 30.7 Å². The molecule has 1 aliphatic heterocycles. The Balaban J connectivity index is 1.76. The van der Waals surface area contributed by atoms with Crippen LogP contribution in [0.15, 0.2) is 24.3 Å². The van der Waals surface area contributed by atoms with Crippen LogP contribution < -0.4 is 10.6 Å². The molecule has 0 radical (unpaired) electrons.